The first-order valence-corrected chi connectivity index (χ1v) is 3.67. The van der Waals surface area contributed by atoms with E-state index in [1.165, 1.54) is 0 Å². The Balaban J connectivity index is 3.92. The first-order valence-electron chi connectivity index (χ1n) is 3.67. The summed E-state index contributed by atoms with van der Waals surface area (Å²) in [5, 5.41) is 17.4. The van der Waals surface area contributed by atoms with E-state index >= 15 is 0 Å². The molecule has 0 rings (SSSR count). The minimum atomic E-state index is 0.109. The topological polar surface area (TPSA) is 40.5 Å². The molecule has 0 aliphatic carbocycles. The number of rotatable bonds is 5. The molecule has 0 spiro atoms. The van der Waals surface area contributed by atoms with E-state index in [9.17, 15) is 0 Å². The van der Waals surface area contributed by atoms with Crippen molar-refractivity contribution in [1.82, 2.24) is 0 Å². The van der Waals surface area contributed by atoms with E-state index in [1.807, 2.05) is 7.05 Å². The maximum Gasteiger partial charge on any atom is 0.140 e. The van der Waals surface area contributed by atoms with Gasteiger partial charge in [-0.3, -0.25) is 0 Å². The molecule has 0 aromatic carbocycles. The molecule has 64 valence electrons. The summed E-state index contributed by atoms with van der Waals surface area (Å²) in [4.78, 5) is 0. The van der Waals surface area contributed by atoms with Crippen molar-refractivity contribution in [2.24, 2.45) is 0 Å². The maximum absolute atomic E-state index is 8.69. The minimum Gasteiger partial charge on any atom is -0.391 e. The molecule has 0 bridgehead atoms. The van der Waals surface area contributed by atoms with Crippen LogP contribution in [0, 0.1) is 12.3 Å². The quantitative estimate of drug-likeness (QED) is 0.400. The Morgan fingerprint density at radius 1 is 1.27 bits per heavy atom. The van der Waals surface area contributed by atoms with Crippen LogP contribution in [0.1, 0.15) is 0 Å². The van der Waals surface area contributed by atoms with E-state index in [1.54, 1.807) is 0 Å². The molecule has 0 aromatic rings. The SMILES string of the molecule is C#CC[N+](C)(CCO)CCO. The van der Waals surface area contributed by atoms with E-state index in [2.05, 4.69) is 5.92 Å². The molecule has 0 radical (unpaired) electrons. The summed E-state index contributed by atoms with van der Waals surface area (Å²) >= 11 is 0. The third-order valence-corrected chi connectivity index (χ3v) is 1.75. The molecule has 0 saturated carbocycles. The molecule has 0 fully saturated rings. The smallest absolute Gasteiger partial charge is 0.140 e. The Morgan fingerprint density at radius 2 is 1.73 bits per heavy atom. The Morgan fingerprint density at radius 3 is 2.00 bits per heavy atom. The highest BCUT2D eigenvalue weighted by molar-refractivity contribution is 4.83. The highest BCUT2D eigenvalue weighted by atomic mass is 16.3. The summed E-state index contributed by atoms with van der Waals surface area (Å²) in [7, 11) is 1.92. The van der Waals surface area contributed by atoms with E-state index in [4.69, 9.17) is 16.6 Å². The van der Waals surface area contributed by atoms with Gasteiger partial charge in [0.15, 0.2) is 0 Å². The molecule has 0 amide bonds. The van der Waals surface area contributed by atoms with Gasteiger partial charge in [-0.15, -0.1) is 6.42 Å². The van der Waals surface area contributed by atoms with E-state index in [0.29, 0.717) is 24.1 Å². The van der Waals surface area contributed by atoms with Crippen LogP contribution in [0.4, 0.5) is 0 Å². The molecule has 0 aliphatic rings. The van der Waals surface area contributed by atoms with Crippen molar-refractivity contribution in [2.75, 3.05) is 39.9 Å². The molecule has 3 nitrogen and oxygen atoms in total. The summed E-state index contributed by atoms with van der Waals surface area (Å²) in [6.07, 6.45) is 5.15. The van der Waals surface area contributed by atoms with Crippen LogP contribution < -0.4 is 0 Å². The van der Waals surface area contributed by atoms with Gasteiger partial charge in [-0.1, -0.05) is 0 Å². The zero-order chi connectivity index (χ0) is 8.74. The largest absolute Gasteiger partial charge is 0.391 e. The lowest BCUT2D eigenvalue weighted by atomic mass is 10.4. The molecular formula is C8H16NO2+. The lowest BCUT2D eigenvalue weighted by Crippen LogP contribution is -2.48. The number of aliphatic hydroxyl groups is 2. The second-order valence-electron chi connectivity index (χ2n) is 2.88. The first-order chi connectivity index (χ1) is 5.18. The van der Waals surface area contributed by atoms with Gasteiger partial charge in [0.25, 0.3) is 0 Å². The second-order valence-corrected chi connectivity index (χ2v) is 2.88. The fraction of sp³-hybridized carbons (Fsp3) is 0.750. The van der Waals surface area contributed by atoms with Gasteiger partial charge in [-0.25, -0.2) is 0 Å². The van der Waals surface area contributed by atoms with Crippen LogP contribution in [0.3, 0.4) is 0 Å². The number of hydrogen-bond acceptors (Lipinski definition) is 2. The standard InChI is InChI=1S/C8H16NO2/c1-3-4-9(2,5-7-10)6-8-11/h1,10-11H,4-8H2,2H3/q+1. The zero-order valence-electron chi connectivity index (χ0n) is 6.95. The summed E-state index contributed by atoms with van der Waals surface area (Å²) in [5.74, 6) is 2.53. The third kappa shape index (κ3) is 3.99. The molecule has 0 heterocycles. The predicted molar refractivity (Wildman–Crippen MR) is 43.8 cm³/mol. The number of terminal acetylenes is 1. The molecule has 0 saturated heterocycles. The third-order valence-electron chi connectivity index (χ3n) is 1.75. The first kappa shape index (κ1) is 10.4. The molecular weight excluding hydrogens is 142 g/mol. The van der Waals surface area contributed by atoms with Crippen LogP contribution in [0.25, 0.3) is 0 Å². The lowest BCUT2D eigenvalue weighted by molar-refractivity contribution is -0.903. The molecule has 11 heavy (non-hydrogen) atoms. The summed E-state index contributed by atoms with van der Waals surface area (Å²) in [5.41, 5.74) is 0. The molecule has 2 N–H and O–H groups in total. The highest BCUT2D eigenvalue weighted by Crippen LogP contribution is 1.98. The van der Waals surface area contributed by atoms with Crippen LogP contribution in [-0.2, 0) is 0 Å². The minimum absolute atomic E-state index is 0.109. The summed E-state index contributed by atoms with van der Waals surface area (Å²) in [6, 6.07) is 0. The van der Waals surface area contributed by atoms with Crippen LogP contribution in [-0.4, -0.2) is 54.6 Å². The van der Waals surface area contributed by atoms with Gasteiger partial charge in [0, 0.05) is 0 Å². The average Bonchev–Trinajstić information content (AvgIpc) is 1.88. The zero-order valence-corrected chi connectivity index (χ0v) is 6.95. The predicted octanol–water partition coefficient (Wildman–Crippen LogP) is -0.949. The number of likely N-dealkylation sites (N-methyl/N-ethyl adjacent to an activating group) is 1. The van der Waals surface area contributed by atoms with Crippen LogP contribution in [0.2, 0.25) is 0 Å². The van der Waals surface area contributed by atoms with Crippen molar-refractivity contribution < 1.29 is 14.7 Å². The lowest BCUT2D eigenvalue weighted by Gasteiger charge is -2.30. The Kier molecular flexibility index (Phi) is 4.88. The fourth-order valence-electron chi connectivity index (χ4n) is 0.973. The van der Waals surface area contributed by atoms with Crippen molar-refractivity contribution in [3.05, 3.63) is 0 Å². The van der Waals surface area contributed by atoms with Gasteiger partial charge in [0.05, 0.1) is 20.3 Å². The van der Waals surface area contributed by atoms with Crippen molar-refractivity contribution in [3.8, 4) is 12.3 Å². The summed E-state index contributed by atoms with van der Waals surface area (Å²) < 4.78 is 0.545. The van der Waals surface area contributed by atoms with E-state index in [-0.39, 0.29) is 13.2 Å². The fourth-order valence-corrected chi connectivity index (χ4v) is 0.973. The van der Waals surface area contributed by atoms with Crippen molar-refractivity contribution in [1.29, 1.82) is 0 Å². The van der Waals surface area contributed by atoms with Gasteiger partial charge < -0.3 is 14.7 Å². The molecule has 0 unspecified atom stereocenters. The van der Waals surface area contributed by atoms with Crippen molar-refractivity contribution in [3.63, 3.8) is 0 Å². The van der Waals surface area contributed by atoms with Crippen LogP contribution in [0.5, 0.6) is 0 Å². The Bertz CT molecular complexity index is 134. The maximum atomic E-state index is 8.69. The van der Waals surface area contributed by atoms with Gasteiger partial charge >= 0.3 is 0 Å². The number of nitrogens with zero attached hydrogens (tertiary/aromatic N) is 1. The normalized spacial score (nSPS) is 11.1. The van der Waals surface area contributed by atoms with E-state index in [0.717, 1.165) is 0 Å². The second kappa shape index (κ2) is 5.14. The number of hydrogen-bond donors (Lipinski definition) is 2. The number of quaternary nitrogens is 1. The van der Waals surface area contributed by atoms with Gasteiger partial charge in [0.1, 0.15) is 19.6 Å². The molecule has 3 heteroatoms. The number of aliphatic hydroxyl groups excluding tert-OH is 2. The highest BCUT2D eigenvalue weighted by Gasteiger charge is 2.17. The van der Waals surface area contributed by atoms with Crippen molar-refractivity contribution >= 4 is 0 Å². The summed E-state index contributed by atoms with van der Waals surface area (Å²) in [6.45, 7) is 1.98. The Hall–Kier alpha value is -0.560. The van der Waals surface area contributed by atoms with Gasteiger partial charge in [-0.05, 0) is 5.92 Å². The van der Waals surface area contributed by atoms with Crippen molar-refractivity contribution in [2.45, 2.75) is 0 Å². The van der Waals surface area contributed by atoms with Crippen LogP contribution >= 0.6 is 0 Å². The molecule has 0 atom stereocenters. The van der Waals surface area contributed by atoms with Crippen LogP contribution in [0.15, 0.2) is 0 Å². The monoisotopic (exact) mass is 158 g/mol. The Labute approximate surface area is 67.9 Å². The average molecular weight is 158 g/mol. The van der Waals surface area contributed by atoms with E-state index < -0.39 is 0 Å². The van der Waals surface area contributed by atoms with Gasteiger partial charge in [0.2, 0.25) is 0 Å². The molecule has 0 aliphatic heterocycles. The van der Waals surface area contributed by atoms with Gasteiger partial charge in [-0.2, -0.15) is 0 Å². The molecule has 0 aromatic heterocycles.